The lowest BCUT2D eigenvalue weighted by molar-refractivity contribution is -0.146. The van der Waals surface area contributed by atoms with Crippen molar-refractivity contribution in [1.82, 2.24) is 5.32 Å². The Morgan fingerprint density at radius 1 is 1.42 bits per heavy atom. The predicted octanol–water partition coefficient (Wildman–Crippen LogP) is 0.405. The van der Waals surface area contributed by atoms with Gasteiger partial charge >= 0.3 is 5.97 Å². The lowest BCUT2D eigenvalue weighted by atomic mass is 9.93. The molecule has 12 heavy (non-hydrogen) atoms. The highest BCUT2D eigenvalue weighted by Gasteiger charge is 2.43. The molecular formula is C9H15NO2. The van der Waals surface area contributed by atoms with E-state index in [-0.39, 0.29) is 11.9 Å². The minimum absolute atomic E-state index is 0.00815. The van der Waals surface area contributed by atoms with Crippen LogP contribution >= 0.6 is 0 Å². The van der Waals surface area contributed by atoms with Crippen molar-refractivity contribution in [3.8, 4) is 0 Å². The van der Waals surface area contributed by atoms with E-state index in [1.807, 2.05) is 0 Å². The molecule has 2 rings (SSSR count). The first-order chi connectivity index (χ1) is 5.83. The van der Waals surface area contributed by atoms with Gasteiger partial charge in [-0.2, -0.15) is 0 Å². The summed E-state index contributed by atoms with van der Waals surface area (Å²) in [4.78, 5) is 11.3. The highest BCUT2D eigenvalue weighted by Crippen LogP contribution is 2.39. The Balaban J connectivity index is 2.04. The second-order valence-electron chi connectivity index (χ2n) is 3.79. The molecule has 0 aromatic rings. The van der Waals surface area contributed by atoms with Gasteiger partial charge in [0.05, 0.1) is 13.0 Å². The van der Waals surface area contributed by atoms with Gasteiger partial charge in [0.2, 0.25) is 0 Å². The van der Waals surface area contributed by atoms with Crippen LogP contribution in [0.4, 0.5) is 0 Å². The quantitative estimate of drug-likeness (QED) is 0.578. The maximum Gasteiger partial charge on any atom is 0.308 e. The molecule has 0 amide bonds. The Morgan fingerprint density at radius 3 is 3.00 bits per heavy atom. The standard InChI is InChI=1S/C9H15NO2/c1-12-9(11)7-3-2-6-4-10-5-8(6)7/h6-8,10H,2-5H2,1H3. The third kappa shape index (κ3) is 1.12. The molecule has 1 heterocycles. The topological polar surface area (TPSA) is 38.3 Å². The van der Waals surface area contributed by atoms with E-state index in [1.165, 1.54) is 13.5 Å². The molecule has 3 unspecified atom stereocenters. The SMILES string of the molecule is COC(=O)C1CCC2CNCC21. The Kier molecular flexibility index (Phi) is 2.05. The number of nitrogens with one attached hydrogen (secondary N) is 1. The van der Waals surface area contributed by atoms with Crippen LogP contribution in [0, 0.1) is 17.8 Å². The lowest BCUT2D eigenvalue weighted by Crippen LogP contribution is -2.24. The summed E-state index contributed by atoms with van der Waals surface area (Å²) in [6.45, 7) is 2.10. The van der Waals surface area contributed by atoms with Crippen molar-refractivity contribution in [2.45, 2.75) is 12.8 Å². The van der Waals surface area contributed by atoms with Gasteiger partial charge < -0.3 is 10.1 Å². The van der Waals surface area contributed by atoms with Crippen LogP contribution in [0.25, 0.3) is 0 Å². The molecule has 2 fully saturated rings. The highest BCUT2D eigenvalue weighted by molar-refractivity contribution is 5.73. The van der Waals surface area contributed by atoms with Gasteiger partial charge in [-0.05, 0) is 37.8 Å². The first-order valence-electron chi connectivity index (χ1n) is 4.61. The van der Waals surface area contributed by atoms with E-state index >= 15 is 0 Å². The predicted molar refractivity (Wildman–Crippen MR) is 44.6 cm³/mol. The fraction of sp³-hybridized carbons (Fsp3) is 0.889. The number of fused-ring (bicyclic) bond motifs is 1. The van der Waals surface area contributed by atoms with Crippen LogP contribution in [0.5, 0.6) is 0 Å². The second kappa shape index (κ2) is 3.05. The molecule has 1 N–H and O–H groups in total. The first kappa shape index (κ1) is 8.05. The van der Waals surface area contributed by atoms with Crippen molar-refractivity contribution in [1.29, 1.82) is 0 Å². The molecule has 0 radical (unpaired) electrons. The number of esters is 1. The van der Waals surface area contributed by atoms with Crippen molar-refractivity contribution >= 4 is 5.97 Å². The van der Waals surface area contributed by atoms with Gasteiger partial charge in [-0.25, -0.2) is 0 Å². The third-order valence-corrected chi connectivity index (χ3v) is 3.26. The van der Waals surface area contributed by atoms with Crippen molar-refractivity contribution in [3.63, 3.8) is 0 Å². The fourth-order valence-corrected chi connectivity index (χ4v) is 2.59. The smallest absolute Gasteiger partial charge is 0.308 e. The molecule has 0 spiro atoms. The van der Waals surface area contributed by atoms with Crippen molar-refractivity contribution in [3.05, 3.63) is 0 Å². The van der Waals surface area contributed by atoms with Gasteiger partial charge in [-0.1, -0.05) is 0 Å². The van der Waals surface area contributed by atoms with Crippen LogP contribution in [0.3, 0.4) is 0 Å². The van der Waals surface area contributed by atoms with Crippen LogP contribution in [-0.2, 0) is 9.53 Å². The zero-order chi connectivity index (χ0) is 8.55. The minimum Gasteiger partial charge on any atom is -0.469 e. The zero-order valence-electron chi connectivity index (χ0n) is 7.38. The van der Waals surface area contributed by atoms with Gasteiger partial charge in [-0.3, -0.25) is 4.79 Å². The number of ether oxygens (including phenoxy) is 1. The van der Waals surface area contributed by atoms with Gasteiger partial charge in [0.15, 0.2) is 0 Å². The molecule has 3 atom stereocenters. The summed E-state index contributed by atoms with van der Waals surface area (Å²) in [6, 6.07) is 0. The van der Waals surface area contributed by atoms with Gasteiger partial charge in [0, 0.05) is 0 Å². The van der Waals surface area contributed by atoms with E-state index < -0.39 is 0 Å². The number of hydrogen-bond acceptors (Lipinski definition) is 3. The molecule has 2 aliphatic rings. The molecule has 1 saturated heterocycles. The Morgan fingerprint density at radius 2 is 2.25 bits per heavy atom. The molecule has 1 aliphatic carbocycles. The van der Waals surface area contributed by atoms with Crippen molar-refractivity contribution in [2.75, 3.05) is 20.2 Å². The van der Waals surface area contributed by atoms with Gasteiger partial charge in [0.1, 0.15) is 0 Å². The number of carbonyl (C=O) groups is 1. The number of carbonyl (C=O) groups excluding carboxylic acids is 1. The second-order valence-corrected chi connectivity index (χ2v) is 3.79. The average molecular weight is 169 g/mol. The van der Waals surface area contributed by atoms with E-state index in [9.17, 15) is 4.79 Å². The Bertz CT molecular complexity index is 193. The summed E-state index contributed by atoms with van der Waals surface area (Å²) in [6.07, 6.45) is 2.22. The van der Waals surface area contributed by atoms with Crippen LogP contribution < -0.4 is 5.32 Å². The largest absolute Gasteiger partial charge is 0.469 e. The Hall–Kier alpha value is -0.570. The van der Waals surface area contributed by atoms with Crippen LogP contribution in [0.15, 0.2) is 0 Å². The lowest BCUT2D eigenvalue weighted by Gasteiger charge is -2.14. The summed E-state index contributed by atoms with van der Waals surface area (Å²) in [5, 5.41) is 3.33. The maximum absolute atomic E-state index is 11.3. The molecule has 1 saturated carbocycles. The van der Waals surface area contributed by atoms with Crippen LogP contribution in [0.2, 0.25) is 0 Å². The van der Waals surface area contributed by atoms with E-state index in [2.05, 4.69) is 5.32 Å². The van der Waals surface area contributed by atoms with Crippen molar-refractivity contribution in [2.24, 2.45) is 17.8 Å². The molecule has 3 nitrogen and oxygen atoms in total. The molecular weight excluding hydrogens is 154 g/mol. The molecule has 0 bridgehead atoms. The number of hydrogen-bond donors (Lipinski definition) is 1. The number of methoxy groups -OCH3 is 1. The van der Waals surface area contributed by atoms with Crippen molar-refractivity contribution < 1.29 is 9.53 Å². The monoisotopic (exact) mass is 169 g/mol. The third-order valence-electron chi connectivity index (χ3n) is 3.26. The number of rotatable bonds is 1. The van der Waals surface area contributed by atoms with Gasteiger partial charge in [-0.15, -0.1) is 0 Å². The van der Waals surface area contributed by atoms with E-state index in [0.717, 1.165) is 25.4 Å². The highest BCUT2D eigenvalue weighted by atomic mass is 16.5. The molecule has 0 aromatic carbocycles. The summed E-state index contributed by atoms with van der Waals surface area (Å²) >= 11 is 0. The van der Waals surface area contributed by atoms with E-state index in [1.54, 1.807) is 0 Å². The first-order valence-corrected chi connectivity index (χ1v) is 4.61. The summed E-state index contributed by atoms with van der Waals surface area (Å²) in [5.74, 6) is 1.45. The van der Waals surface area contributed by atoms with E-state index in [4.69, 9.17) is 4.74 Å². The summed E-state index contributed by atoms with van der Waals surface area (Å²) < 4.78 is 4.78. The normalized spacial score (nSPS) is 39.6. The maximum atomic E-state index is 11.3. The van der Waals surface area contributed by atoms with Gasteiger partial charge in [0.25, 0.3) is 0 Å². The zero-order valence-corrected chi connectivity index (χ0v) is 7.38. The molecule has 1 aliphatic heterocycles. The molecule has 0 aromatic heterocycles. The summed E-state index contributed by atoms with van der Waals surface area (Å²) in [7, 11) is 1.48. The molecule has 3 heteroatoms. The minimum atomic E-state index is -0.00815. The average Bonchev–Trinajstić information content (AvgIpc) is 2.62. The fourth-order valence-electron chi connectivity index (χ4n) is 2.59. The Labute approximate surface area is 72.5 Å². The van der Waals surface area contributed by atoms with Crippen LogP contribution in [-0.4, -0.2) is 26.2 Å². The van der Waals surface area contributed by atoms with Crippen LogP contribution in [0.1, 0.15) is 12.8 Å². The molecule has 68 valence electrons. The summed E-state index contributed by atoms with van der Waals surface area (Å²) in [5.41, 5.74) is 0. The van der Waals surface area contributed by atoms with E-state index in [0.29, 0.717) is 5.92 Å².